The maximum Gasteiger partial charge on any atom is 0.189 e. The van der Waals surface area contributed by atoms with Crippen molar-refractivity contribution >= 4 is 11.9 Å². The van der Waals surface area contributed by atoms with Gasteiger partial charge in [-0.05, 0) is 56.7 Å². The second kappa shape index (κ2) is 7.57. The lowest BCUT2D eigenvalue weighted by molar-refractivity contribution is 0.104. The number of hydrogen-bond donors (Lipinski definition) is 4. The maximum absolute atomic E-state index is 12.2. The van der Waals surface area contributed by atoms with Crippen LogP contribution in [0.2, 0.25) is 0 Å². The SMILES string of the molecule is CC(C)=CCc1c(O)ccc(/C=C/C(=O)c2ccc(O)cc2O)c1O. The summed E-state index contributed by atoms with van der Waals surface area (Å²) in [5.74, 6) is -1.06. The highest BCUT2D eigenvalue weighted by Gasteiger charge is 2.12. The Hall–Kier alpha value is -3.21. The fraction of sp³-hybridized carbons (Fsp3) is 0.150. The van der Waals surface area contributed by atoms with E-state index in [9.17, 15) is 25.2 Å². The number of hydrogen-bond acceptors (Lipinski definition) is 5. The van der Waals surface area contributed by atoms with Crippen molar-refractivity contribution in [1.29, 1.82) is 0 Å². The smallest absolute Gasteiger partial charge is 0.189 e. The number of rotatable bonds is 5. The van der Waals surface area contributed by atoms with Crippen molar-refractivity contribution in [1.82, 2.24) is 0 Å². The third-order valence-electron chi connectivity index (χ3n) is 3.66. The first-order chi connectivity index (χ1) is 11.8. The average Bonchev–Trinajstić information content (AvgIpc) is 2.53. The van der Waals surface area contributed by atoms with Crippen molar-refractivity contribution in [3.8, 4) is 23.0 Å². The molecule has 25 heavy (non-hydrogen) atoms. The van der Waals surface area contributed by atoms with Crippen LogP contribution in [-0.4, -0.2) is 26.2 Å². The molecule has 0 heterocycles. The van der Waals surface area contributed by atoms with Crippen LogP contribution in [0.25, 0.3) is 6.08 Å². The van der Waals surface area contributed by atoms with Crippen molar-refractivity contribution in [2.24, 2.45) is 0 Å². The number of benzene rings is 2. The minimum Gasteiger partial charge on any atom is -0.508 e. The third-order valence-corrected chi connectivity index (χ3v) is 3.66. The lowest BCUT2D eigenvalue weighted by Gasteiger charge is -2.08. The highest BCUT2D eigenvalue weighted by molar-refractivity contribution is 6.08. The molecular weight excluding hydrogens is 320 g/mol. The van der Waals surface area contributed by atoms with E-state index < -0.39 is 5.78 Å². The van der Waals surface area contributed by atoms with Crippen LogP contribution >= 0.6 is 0 Å². The molecule has 0 unspecified atom stereocenters. The van der Waals surface area contributed by atoms with Crippen LogP contribution in [0.1, 0.15) is 35.3 Å². The van der Waals surface area contributed by atoms with E-state index in [0.29, 0.717) is 17.5 Å². The lowest BCUT2D eigenvalue weighted by Crippen LogP contribution is -1.95. The van der Waals surface area contributed by atoms with Crippen LogP contribution in [0.15, 0.2) is 48.1 Å². The first-order valence-electron chi connectivity index (χ1n) is 7.71. The molecule has 4 N–H and O–H groups in total. The second-order valence-corrected chi connectivity index (χ2v) is 5.89. The van der Waals surface area contributed by atoms with Gasteiger partial charge in [-0.1, -0.05) is 11.6 Å². The molecule has 0 fully saturated rings. The van der Waals surface area contributed by atoms with Crippen LogP contribution in [-0.2, 0) is 6.42 Å². The Kier molecular flexibility index (Phi) is 5.49. The van der Waals surface area contributed by atoms with E-state index >= 15 is 0 Å². The van der Waals surface area contributed by atoms with Gasteiger partial charge in [0.25, 0.3) is 0 Å². The van der Waals surface area contributed by atoms with Crippen LogP contribution in [0.5, 0.6) is 23.0 Å². The van der Waals surface area contributed by atoms with Gasteiger partial charge in [0.05, 0.1) is 5.56 Å². The van der Waals surface area contributed by atoms with Gasteiger partial charge in [0, 0.05) is 17.2 Å². The minimum atomic E-state index is -0.476. The van der Waals surface area contributed by atoms with Gasteiger partial charge in [-0.25, -0.2) is 0 Å². The number of phenolic OH excluding ortho intramolecular Hbond substituents is 4. The van der Waals surface area contributed by atoms with Crippen molar-refractivity contribution in [3.63, 3.8) is 0 Å². The van der Waals surface area contributed by atoms with Crippen LogP contribution in [0.3, 0.4) is 0 Å². The minimum absolute atomic E-state index is 0.0188. The Labute approximate surface area is 145 Å². The molecular formula is C20H20O5. The van der Waals surface area contributed by atoms with Gasteiger partial charge in [-0.15, -0.1) is 0 Å². The number of allylic oxidation sites excluding steroid dienone is 3. The van der Waals surface area contributed by atoms with E-state index in [2.05, 4.69) is 0 Å². The Morgan fingerprint density at radius 3 is 2.36 bits per heavy atom. The summed E-state index contributed by atoms with van der Waals surface area (Å²) in [6.07, 6.45) is 4.87. The quantitative estimate of drug-likeness (QED) is 0.376. The standard InChI is InChI=1S/C20H20O5/c1-12(2)3-7-16-18(23)10-5-13(20(16)25)4-9-17(22)15-8-6-14(21)11-19(15)24/h3-6,8-11,21,23-25H,7H2,1-2H3/b9-4+. The molecule has 0 aromatic heterocycles. The van der Waals surface area contributed by atoms with Crippen LogP contribution in [0, 0.1) is 0 Å². The van der Waals surface area contributed by atoms with Gasteiger partial charge in [-0.2, -0.15) is 0 Å². The highest BCUT2D eigenvalue weighted by Crippen LogP contribution is 2.32. The molecule has 2 rings (SSSR count). The largest absolute Gasteiger partial charge is 0.508 e. The van der Waals surface area contributed by atoms with Crippen LogP contribution < -0.4 is 0 Å². The summed E-state index contributed by atoms with van der Waals surface area (Å²) in [5.41, 5.74) is 1.85. The molecule has 0 atom stereocenters. The molecule has 130 valence electrons. The van der Waals surface area contributed by atoms with Crippen LogP contribution in [0.4, 0.5) is 0 Å². The zero-order valence-corrected chi connectivity index (χ0v) is 14.0. The molecule has 0 spiro atoms. The summed E-state index contributed by atoms with van der Waals surface area (Å²) >= 11 is 0. The lowest BCUT2D eigenvalue weighted by atomic mass is 10.0. The first-order valence-corrected chi connectivity index (χ1v) is 7.71. The number of carbonyl (C=O) groups excluding carboxylic acids is 1. The van der Waals surface area contributed by atoms with E-state index in [1.807, 2.05) is 19.9 Å². The molecule has 0 saturated carbocycles. The van der Waals surface area contributed by atoms with Gasteiger partial charge < -0.3 is 20.4 Å². The Bertz CT molecular complexity index is 859. The molecule has 0 aliphatic heterocycles. The summed E-state index contributed by atoms with van der Waals surface area (Å²) in [4.78, 5) is 12.2. The van der Waals surface area contributed by atoms with Crippen molar-refractivity contribution in [2.75, 3.05) is 0 Å². The molecule has 0 radical (unpaired) electrons. The van der Waals surface area contributed by atoms with Gasteiger partial charge in [-0.3, -0.25) is 4.79 Å². The molecule has 0 amide bonds. The van der Waals surface area contributed by atoms with E-state index in [1.165, 1.54) is 36.4 Å². The fourth-order valence-electron chi connectivity index (χ4n) is 2.27. The monoisotopic (exact) mass is 340 g/mol. The van der Waals surface area contributed by atoms with Gasteiger partial charge >= 0.3 is 0 Å². The zero-order chi connectivity index (χ0) is 18.6. The molecule has 5 nitrogen and oxygen atoms in total. The summed E-state index contributed by atoms with van der Waals surface area (Å²) in [7, 11) is 0. The highest BCUT2D eigenvalue weighted by atomic mass is 16.3. The summed E-state index contributed by atoms with van der Waals surface area (Å²) < 4.78 is 0. The Morgan fingerprint density at radius 2 is 1.72 bits per heavy atom. The van der Waals surface area contributed by atoms with E-state index in [4.69, 9.17) is 0 Å². The first kappa shape index (κ1) is 18.1. The van der Waals surface area contributed by atoms with Gasteiger partial charge in [0.15, 0.2) is 5.78 Å². The van der Waals surface area contributed by atoms with Gasteiger partial charge in [0.2, 0.25) is 0 Å². The second-order valence-electron chi connectivity index (χ2n) is 5.89. The van der Waals surface area contributed by atoms with Crippen molar-refractivity contribution in [3.05, 3.63) is 64.7 Å². The predicted octanol–water partition coefficient (Wildman–Crippen LogP) is 3.91. The van der Waals surface area contributed by atoms with E-state index in [0.717, 1.165) is 11.6 Å². The maximum atomic E-state index is 12.2. The van der Waals surface area contributed by atoms with Crippen molar-refractivity contribution in [2.45, 2.75) is 20.3 Å². The zero-order valence-electron chi connectivity index (χ0n) is 14.0. The Morgan fingerprint density at radius 1 is 1.00 bits per heavy atom. The molecule has 2 aromatic rings. The number of carbonyl (C=O) groups is 1. The van der Waals surface area contributed by atoms with E-state index in [-0.39, 0.29) is 28.6 Å². The van der Waals surface area contributed by atoms with Crippen molar-refractivity contribution < 1.29 is 25.2 Å². The molecule has 2 aromatic carbocycles. The molecule has 0 bridgehead atoms. The molecule has 0 saturated heterocycles. The topological polar surface area (TPSA) is 98.0 Å². The number of ketones is 1. The summed E-state index contributed by atoms with van der Waals surface area (Å²) in [6, 6.07) is 6.65. The predicted molar refractivity (Wildman–Crippen MR) is 96.0 cm³/mol. The summed E-state index contributed by atoms with van der Waals surface area (Å²) in [6.45, 7) is 3.83. The molecule has 5 heteroatoms. The average molecular weight is 340 g/mol. The number of phenols is 4. The molecule has 0 aliphatic carbocycles. The fourth-order valence-corrected chi connectivity index (χ4v) is 2.27. The normalized spacial score (nSPS) is 10.8. The molecule has 0 aliphatic rings. The Balaban J connectivity index is 2.30. The summed E-state index contributed by atoms with van der Waals surface area (Å²) in [5, 5.41) is 39.2. The number of aromatic hydroxyl groups is 4. The van der Waals surface area contributed by atoms with E-state index in [1.54, 1.807) is 0 Å². The third kappa shape index (κ3) is 4.41. The van der Waals surface area contributed by atoms with Gasteiger partial charge in [0.1, 0.15) is 23.0 Å².